The van der Waals surface area contributed by atoms with Gasteiger partial charge in [0.25, 0.3) is 16.7 Å². The molecule has 10 aromatic heterocycles. The molecule has 0 saturated carbocycles. The summed E-state index contributed by atoms with van der Waals surface area (Å²) in [6.45, 7) is -4.78. The summed E-state index contributed by atoms with van der Waals surface area (Å²) in [6, 6.07) is 1.09. The summed E-state index contributed by atoms with van der Waals surface area (Å²) in [7, 11) is -27.7. The third-order valence-electron chi connectivity index (χ3n) is 20.1. The number of nitrogens with zero attached hydrogens (tertiary/aromatic N) is 18. The maximum atomic E-state index is 14.5. The summed E-state index contributed by atoms with van der Waals surface area (Å²) in [6.07, 6.45) is -23.2. The zero-order valence-corrected chi connectivity index (χ0v) is 66.7. The van der Waals surface area contributed by atoms with E-state index < -0.39 is 236 Å². The fraction of sp³-hybridized carbons (Fsp3) is 0.534. The van der Waals surface area contributed by atoms with E-state index in [9.17, 15) is 86.6 Å². The molecule has 6 saturated heterocycles. The number of aliphatic hydroxyl groups excluding tert-OH is 3. The molecule has 0 radical (unpaired) electrons. The van der Waals surface area contributed by atoms with Crippen molar-refractivity contribution in [1.29, 1.82) is 0 Å². The van der Waals surface area contributed by atoms with Gasteiger partial charge >= 0.3 is 50.5 Å². The largest absolute Gasteiger partial charge is 0.472 e. The fourth-order valence-corrected chi connectivity index (χ4v) is 19.2. The van der Waals surface area contributed by atoms with Crippen LogP contribution in [0.2, 0.25) is 0 Å². The average molecular weight is 1820 g/mol. The van der Waals surface area contributed by atoms with Crippen LogP contribution < -0.4 is 51.0 Å². The molecular formula is C58H72N25O34P5. The molecule has 59 nitrogen and oxygen atoms in total. The first kappa shape index (κ1) is 86.2. The van der Waals surface area contributed by atoms with Crippen molar-refractivity contribution in [1.82, 2.24) is 103 Å². The van der Waals surface area contributed by atoms with Crippen molar-refractivity contribution >= 4 is 107 Å². The number of ether oxygens (including phenoxy) is 6. The SMILES string of the molecule is Cc1cn([C@H]2C[C@H](OP(=O)(O)OC[C@H]3O[C@@H](n4ccc(N)nc4=O)[C@H](O)[C@@H]3OP(=O)(O)OC[C@H]3O[C@@H](n4cnc5c(N)ncnc54)C[C@@H]3OP(=O)(O)OC[C@H]3O[C@@H](n4cnc5c(N)ncnc54)C[C@@H]3OP(=O)(O)OC[C@H]3O[C@@H](n4cnc5c(=O)[nH]nnc54)C[C@@H]3O)[C@@H](COP(=O)(O)O[C@H]3C[C@H](n4cnc5c(=O)[nH]c(N)nc54)O[C@@H]3CO)O2)c(=O)[nH]c1=O. The van der Waals surface area contributed by atoms with E-state index in [0.29, 0.717) is 4.57 Å². The standard InChI is InChI=1S/C58H72N25O34P5/c1-22-9-79(58(91)74-52(22)87)36-6-25(30(109-36)12-103-119(94,95)113-24-5-39(107-28(24)10-84)82-20-69-42-50(82)72-56(62)73-53(42)88)114-121(98,99)106-15-33-45(44(86)55(112-33)78-3-2-34(59)71-57(78)90)117-122(100,101)105-14-32-27(8-38(111-32)81-19-68-41-47(61)64-17-66-49(41)81)116-120(96,97)104-13-31-26(7-37(110-31)80-18-67-40-46(60)63-16-65-48(40)80)115-118(92,93)102-11-29-23(85)4-35(108-29)83-21-70-43-51(83)75-77-76-54(43)89/h2-3,9,16-21,23-33,35-39,44-45,55,84-86H,4-8,10-15H2,1H3,(H,92,93)(H,94,95)(H,96,97)(H,98,99)(H,100,101)(H2,59,71,90)(H2,60,63,65)(H2,61,64,66)(H,74,87,91)(H,75,76,89)(H3,62,72,73,88)/t23-,24-,25-,26-,27-,28+,29+,30+,31+,32+,33+,35+,36+,37+,38+,39+,44+,45+,55+/m0/s1. The Morgan fingerprint density at radius 3 is 1.40 bits per heavy atom. The second-order valence-corrected chi connectivity index (χ2v) is 35.1. The van der Waals surface area contributed by atoms with Crippen molar-refractivity contribution in [2.75, 3.05) is 62.6 Å². The lowest BCUT2D eigenvalue weighted by Crippen LogP contribution is -2.38. The number of nitrogen functional groups attached to an aromatic ring is 4. The molecule has 6 fully saturated rings. The molecule has 5 unspecified atom stereocenters. The normalized spacial score (nSPS) is 30.1. The molecule has 122 heavy (non-hydrogen) atoms. The van der Waals surface area contributed by atoms with E-state index in [-0.39, 0.29) is 92.9 Å². The van der Waals surface area contributed by atoms with Gasteiger partial charge in [0.2, 0.25) is 5.95 Å². The minimum absolute atomic E-state index is 0.00215. The number of hydrogen-bond acceptors (Lipinski definition) is 45. The number of H-pyrrole nitrogens is 3. The Bertz CT molecular complexity index is 6190. The number of aliphatic hydroxyl groups is 3. The van der Waals surface area contributed by atoms with E-state index in [1.807, 2.05) is 0 Å². The van der Waals surface area contributed by atoms with Crippen LogP contribution in [0.5, 0.6) is 0 Å². The second-order valence-electron chi connectivity index (χ2n) is 28.0. The van der Waals surface area contributed by atoms with Gasteiger partial charge in [-0.3, -0.25) is 97.0 Å². The van der Waals surface area contributed by atoms with Gasteiger partial charge in [-0.05, 0) is 13.0 Å². The molecule has 10 aromatic rings. The lowest BCUT2D eigenvalue weighted by atomic mass is 10.1. The van der Waals surface area contributed by atoms with Crippen LogP contribution in [-0.4, -0.2) is 261 Å². The first-order valence-electron chi connectivity index (χ1n) is 36.1. The smallest absolute Gasteiger partial charge is 0.394 e. The Balaban J connectivity index is 0.605. The van der Waals surface area contributed by atoms with E-state index in [1.165, 1.54) is 50.5 Å². The van der Waals surface area contributed by atoms with Crippen molar-refractivity contribution in [3.63, 3.8) is 0 Å². The first-order chi connectivity index (χ1) is 57.9. The van der Waals surface area contributed by atoms with Crippen LogP contribution in [0, 0.1) is 6.92 Å². The summed E-state index contributed by atoms with van der Waals surface area (Å²) < 4.78 is 169. The summed E-state index contributed by atoms with van der Waals surface area (Å²) in [5.41, 5.74) is 19.2. The zero-order valence-electron chi connectivity index (χ0n) is 62.2. The number of nitrogens with one attached hydrogen (secondary N) is 3. The highest BCUT2D eigenvalue weighted by Crippen LogP contribution is 2.57. The molecule has 24 atom stereocenters. The van der Waals surface area contributed by atoms with Crippen molar-refractivity contribution in [3.8, 4) is 0 Å². The molecule has 0 aromatic carbocycles. The quantitative estimate of drug-likeness (QED) is 0.0181. The van der Waals surface area contributed by atoms with Crippen LogP contribution in [0.15, 0.2) is 80.4 Å². The minimum Gasteiger partial charge on any atom is -0.394 e. The number of anilines is 4. The van der Waals surface area contributed by atoms with Gasteiger partial charge in [0.1, 0.15) is 134 Å². The van der Waals surface area contributed by atoms with Gasteiger partial charge in [-0.15, -0.1) is 5.10 Å². The summed E-state index contributed by atoms with van der Waals surface area (Å²) in [5, 5.41) is 42.7. The molecule has 64 heteroatoms. The third kappa shape index (κ3) is 18.2. The van der Waals surface area contributed by atoms with Crippen LogP contribution in [0.1, 0.15) is 75.0 Å². The minimum atomic E-state index is -5.81. The van der Waals surface area contributed by atoms with Gasteiger partial charge in [0.15, 0.2) is 51.5 Å². The number of aromatic nitrogens is 21. The highest BCUT2D eigenvalue weighted by molar-refractivity contribution is 7.48. The van der Waals surface area contributed by atoms with Crippen molar-refractivity contribution < 1.29 is 136 Å². The van der Waals surface area contributed by atoms with E-state index in [0.717, 1.165) is 35.7 Å². The monoisotopic (exact) mass is 1820 g/mol. The Hall–Kier alpha value is -9.32. The van der Waals surface area contributed by atoms with Gasteiger partial charge in [-0.2, -0.15) is 9.97 Å². The summed E-state index contributed by atoms with van der Waals surface area (Å²) >= 11 is 0. The van der Waals surface area contributed by atoms with Crippen molar-refractivity contribution in [2.24, 2.45) is 0 Å². The number of nitrogens with two attached hydrogens (primary N) is 4. The zero-order chi connectivity index (χ0) is 86.4. The summed E-state index contributed by atoms with van der Waals surface area (Å²) in [5.74, 6) is -0.740. The maximum Gasteiger partial charge on any atom is 0.472 e. The molecule has 16 heterocycles. The number of aryl methyl sites for hydroxylation is 1. The Kier molecular flexibility index (Phi) is 24.0. The Morgan fingerprint density at radius 2 is 0.893 bits per heavy atom. The van der Waals surface area contributed by atoms with Crippen molar-refractivity contribution in [2.45, 2.75) is 156 Å². The van der Waals surface area contributed by atoms with E-state index in [1.54, 1.807) is 0 Å². The molecule has 0 spiro atoms. The van der Waals surface area contributed by atoms with Gasteiger partial charge < -0.3 is 91.1 Å². The van der Waals surface area contributed by atoms with Crippen LogP contribution in [0.25, 0.3) is 44.7 Å². The molecule has 6 aliphatic rings. The van der Waals surface area contributed by atoms with Gasteiger partial charge in [0.05, 0.1) is 71.1 Å². The lowest BCUT2D eigenvalue weighted by Gasteiger charge is -2.26. The second kappa shape index (κ2) is 34.0. The molecule has 6 aliphatic heterocycles. The molecular weight excluding hydrogens is 1750 g/mol. The molecule has 658 valence electrons. The molecule has 0 amide bonds. The number of rotatable bonds is 32. The molecule has 19 N–H and O–H groups in total. The highest BCUT2D eigenvalue weighted by Gasteiger charge is 2.54. The lowest BCUT2D eigenvalue weighted by molar-refractivity contribution is -0.0653. The predicted molar refractivity (Wildman–Crippen MR) is 396 cm³/mol. The van der Waals surface area contributed by atoms with E-state index in [2.05, 4.69) is 75.2 Å². The highest BCUT2D eigenvalue weighted by atomic mass is 31.2. The first-order valence-corrected chi connectivity index (χ1v) is 43.6. The number of fused-ring (bicyclic) bond motifs is 4. The van der Waals surface area contributed by atoms with Crippen LogP contribution >= 0.6 is 39.1 Å². The topological polar surface area (TPSA) is 816 Å². The summed E-state index contributed by atoms with van der Waals surface area (Å²) in [4.78, 5) is 166. The average Bonchev–Trinajstić information content (AvgIpc) is 1.63. The van der Waals surface area contributed by atoms with E-state index in [4.69, 9.17) is 96.6 Å². The predicted octanol–water partition coefficient (Wildman–Crippen LogP) is -3.67. The van der Waals surface area contributed by atoms with Crippen molar-refractivity contribution in [3.05, 3.63) is 114 Å². The van der Waals surface area contributed by atoms with Crippen LogP contribution in [0.4, 0.5) is 23.4 Å². The van der Waals surface area contributed by atoms with Gasteiger partial charge in [0, 0.05) is 50.1 Å². The number of phosphoric acid groups is 5. The number of phosphoric ester groups is 5. The number of aromatic amines is 3. The molecule has 0 aliphatic carbocycles. The van der Waals surface area contributed by atoms with Gasteiger partial charge in [-0.25, -0.2) is 77.4 Å². The molecule has 0 bridgehead atoms. The van der Waals surface area contributed by atoms with Gasteiger partial charge in [-0.1, -0.05) is 5.21 Å². The Labute approximate surface area is 676 Å². The third-order valence-corrected chi connectivity index (χ3v) is 25.1. The fourth-order valence-electron chi connectivity index (χ4n) is 14.4. The Morgan fingerprint density at radius 1 is 0.467 bits per heavy atom. The number of imidazole rings is 4. The van der Waals surface area contributed by atoms with Crippen LogP contribution in [0.3, 0.4) is 0 Å². The maximum absolute atomic E-state index is 14.5. The van der Waals surface area contributed by atoms with E-state index >= 15 is 0 Å². The van der Waals surface area contributed by atoms with Crippen LogP contribution in [-0.2, 0) is 96.5 Å². The molecule has 16 rings (SSSR count). The number of hydrogen-bond donors (Lipinski definition) is 15.